The van der Waals surface area contributed by atoms with Crippen molar-refractivity contribution in [2.75, 3.05) is 7.11 Å². The fraction of sp³-hybridized carbons (Fsp3) is 0.0833. The van der Waals surface area contributed by atoms with Crippen LogP contribution < -0.4 is 9.47 Å². The van der Waals surface area contributed by atoms with Gasteiger partial charge in [-0.1, -0.05) is 30.3 Å². The first kappa shape index (κ1) is 19.3. The summed E-state index contributed by atoms with van der Waals surface area (Å²) < 4.78 is 16.3. The highest BCUT2D eigenvalue weighted by Crippen LogP contribution is 2.29. The maximum atomic E-state index is 10.9. The maximum Gasteiger partial charge on any atom is 0.371 e. The van der Waals surface area contributed by atoms with Crippen LogP contribution in [0, 0.1) is 0 Å². The lowest BCUT2D eigenvalue weighted by Gasteiger charge is -2.10. The maximum absolute atomic E-state index is 10.9. The van der Waals surface area contributed by atoms with Gasteiger partial charge >= 0.3 is 5.97 Å². The first-order valence-corrected chi connectivity index (χ1v) is 9.28. The Hall–Kier alpha value is -4.06. The number of nitrogens with zero attached hydrogens (tertiary/aromatic N) is 1. The molecule has 4 rings (SSSR count). The molecule has 1 N–H and O–H groups in total. The Morgan fingerprint density at radius 3 is 2.60 bits per heavy atom. The Labute approximate surface area is 173 Å². The van der Waals surface area contributed by atoms with Crippen LogP contribution in [0.25, 0.3) is 10.8 Å². The van der Waals surface area contributed by atoms with E-state index in [9.17, 15) is 4.79 Å². The van der Waals surface area contributed by atoms with E-state index < -0.39 is 5.97 Å². The molecule has 30 heavy (non-hydrogen) atoms. The van der Waals surface area contributed by atoms with E-state index in [1.165, 1.54) is 11.5 Å². The van der Waals surface area contributed by atoms with Crippen molar-refractivity contribution in [2.24, 2.45) is 4.99 Å². The van der Waals surface area contributed by atoms with E-state index in [1.807, 2.05) is 42.5 Å². The summed E-state index contributed by atoms with van der Waals surface area (Å²) in [5.41, 5.74) is 1.72. The zero-order chi connectivity index (χ0) is 20.9. The molecule has 0 fully saturated rings. The first-order chi connectivity index (χ1) is 14.6. The lowest BCUT2D eigenvalue weighted by Crippen LogP contribution is -1.98. The van der Waals surface area contributed by atoms with E-state index in [2.05, 4.69) is 17.1 Å². The van der Waals surface area contributed by atoms with Gasteiger partial charge in [0.15, 0.2) is 11.5 Å². The Balaban J connectivity index is 1.48. The van der Waals surface area contributed by atoms with E-state index in [1.54, 1.807) is 25.5 Å². The smallest absolute Gasteiger partial charge is 0.371 e. The highest BCUT2D eigenvalue weighted by molar-refractivity contribution is 5.88. The molecule has 0 aliphatic heterocycles. The topological polar surface area (TPSA) is 81.3 Å². The molecule has 1 heterocycles. The Kier molecular flexibility index (Phi) is 5.48. The predicted octanol–water partition coefficient (Wildman–Crippen LogP) is 5.47. The second-order valence-electron chi connectivity index (χ2n) is 6.56. The Bertz CT molecular complexity index is 1230. The summed E-state index contributed by atoms with van der Waals surface area (Å²) in [4.78, 5) is 15.4. The van der Waals surface area contributed by atoms with Crippen LogP contribution in [0.4, 0.5) is 5.69 Å². The van der Waals surface area contributed by atoms with E-state index in [-0.39, 0.29) is 12.4 Å². The number of furan rings is 1. The average Bonchev–Trinajstić information content (AvgIpc) is 3.26. The van der Waals surface area contributed by atoms with Gasteiger partial charge in [-0.25, -0.2) is 4.79 Å². The lowest BCUT2D eigenvalue weighted by molar-refractivity contribution is 0.0658. The van der Waals surface area contributed by atoms with Crippen molar-refractivity contribution in [1.29, 1.82) is 0 Å². The molecule has 4 aromatic rings. The van der Waals surface area contributed by atoms with Crippen LogP contribution in [-0.4, -0.2) is 24.4 Å². The second kappa shape index (κ2) is 8.53. The van der Waals surface area contributed by atoms with Crippen LogP contribution in [0.2, 0.25) is 0 Å². The number of ether oxygens (including phenoxy) is 2. The number of benzene rings is 3. The Morgan fingerprint density at radius 1 is 1.00 bits per heavy atom. The summed E-state index contributed by atoms with van der Waals surface area (Å²) in [6, 6.07) is 22.6. The molecule has 0 unspecified atom stereocenters. The summed E-state index contributed by atoms with van der Waals surface area (Å²) >= 11 is 0. The van der Waals surface area contributed by atoms with Crippen LogP contribution in [0.1, 0.15) is 21.9 Å². The van der Waals surface area contributed by atoms with Crippen LogP contribution in [0.3, 0.4) is 0 Å². The minimum Gasteiger partial charge on any atom is -0.493 e. The Morgan fingerprint density at radius 2 is 1.83 bits per heavy atom. The third kappa shape index (κ3) is 4.33. The quantitative estimate of drug-likeness (QED) is 0.415. The van der Waals surface area contributed by atoms with Gasteiger partial charge in [0.1, 0.15) is 12.4 Å². The van der Waals surface area contributed by atoms with Gasteiger partial charge in [0, 0.05) is 6.21 Å². The van der Waals surface area contributed by atoms with Crippen molar-refractivity contribution >= 4 is 28.6 Å². The second-order valence-corrected chi connectivity index (χ2v) is 6.56. The number of aromatic carboxylic acids is 1. The molecule has 6 heteroatoms. The number of methoxy groups -OCH3 is 1. The molecule has 0 radical (unpaired) electrons. The molecule has 0 saturated carbocycles. The van der Waals surface area contributed by atoms with Crippen LogP contribution in [-0.2, 0) is 6.61 Å². The standard InChI is InChI=1S/C24H19NO5/c1-28-23-12-16(14-25-19-8-7-17-4-2-3-5-18(17)13-19)6-10-21(23)29-15-20-9-11-22(30-20)24(26)27/h2-14H,15H2,1H3,(H,26,27). The van der Waals surface area contributed by atoms with Crippen LogP contribution in [0.15, 0.2) is 82.2 Å². The van der Waals surface area contributed by atoms with Crippen molar-refractivity contribution in [3.63, 3.8) is 0 Å². The van der Waals surface area contributed by atoms with Gasteiger partial charge in [0.05, 0.1) is 12.8 Å². The van der Waals surface area contributed by atoms with Crippen molar-refractivity contribution in [1.82, 2.24) is 0 Å². The highest BCUT2D eigenvalue weighted by atomic mass is 16.5. The molecule has 0 amide bonds. The fourth-order valence-corrected chi connectivity index (χ4v) is 3.01. The summed E-state index contributed by atoms with van der Waals surface area (Å²) in [5.74, 6) is 0.238. The molecule has 0 spiro atoms. The highest BCUT2D eigenvalue weighted by Gasteiger charge is 2.11. The lowest BCUT2D eigenvalue weighted by atomic mass is 10.1. The number of hydrogen-bond acceptors (Lipinski definition) is 5. The minimum atomic E-state index is -1.12. The van der Waals surface area contributed by atoms with Gasteiger partial charge in [0.2, 0.25) is 5.76 Å². The molecule has 0 saturated heterocycles. The van der Waals surface area contributed by atoms with Gasteiger partial charge in [-0.3, -0.25) is 4.99 Å². The number of hydrogen-bond donors (Lipinski definition) is 1. The van der Waals surface area contributed by atoms with Crippen molar-refractivity contribution in [2.45, 2.75) is 6.61 Å². The van der Waals surface area contributed by atoms with Crippen molar-refractivity contribution in [3.8, 4) is 11.5 Å². The third-order valence-electron chi connectivity index (χ3n) is 4.53. The molecule has 0 aliphatic carbocycles. The largest absolute Gasteiger partial charge is 0.493 e. The van der Waals surface area contributed by atoms with Gasteiger partial charge in [0.25, 0.3) is 0 Å². The molecular weight excluding hydrogens is 382 g/mol. The van der Waals surface area contributed by atoms with E-state index in [0.717, 1.165) is 16.6 Å². The number of fused-ring (bicyclic) bond motifs is 1. The van der Waals surface area contributed by atoms with Crippen molar-refractivity contribution < 1.29 is 23.8 Å². The molecule has 150 valence electrons. The number of rotatable bonds is 7. The van der Waals surface area contributed by atoms with E-state index >= 15 is 0 Å². The van der Waals surface area contributed by atoms with Gasteiger partial charge in [-0.2, -0.15) is 0 Å². The zero-order valence-corrected chi connectivity index (χ0v) is 16.2. The molecule has 6 nitrogen and oxygen atoms in total. The fourth-order valence-electron chi connectivity index (χ4n) is 3.01. The van der Waals surface area contributed by atoms with Crippen LogP contribution in [0.5, 0.6) is 11.5 Å². The van der Waals surface area contributed by atoms with E-state index in [4.69, 9.17) is 19.0 Å². The first-order valence-electron chi connectivity index (χ1n) is 9.28. The number of carboxylic acid groups (broad SMARTS) is 1. The monoisotopic (exact) mass is 401 g/mol. The third-order valence-corrected chi connectivity index (χ3v) is 4.53. The molecule has 3 aromatic carbocycles. The zero-order valence-electron chi connectivity index (χ0n) is 16.2. The number of aliphatic imine (C=N–C) groups is 1. The molecule has 1 aromatic heterocycles. The molecule has 0 bridgehead atoms. The molecule has 0 atom stereocenters. The summed E-state index contributed by atoms with van der Waals surface area (Å²) in [6.07, 6.45) is 1.77. The summed E-state index contributed by atoms with van der Waals surface area (Å²) in [7, 11) is 1.56. The average molecular weight is 401 g/mol. The van der Waals surface area contributed by atoms with Gasteiger partial charge in [-0.05, 0) is 58.8 Å². The van der Waals surface area contributed by atoms with Gasteiger partial charge < -0.3 is 19.0 Å². The number of carboxylic acids is 1. The van der Waals surface area contributed by atoms with Crippen molar-refractivity contribution in [3.05, 3.63) is 89.9 Å². The predicted molar refractivity (Wildman–Crippen MR) is 114 cm³/mol. The van der Waals surface area contributed by atoms with Crippen LogP contribution >= 0.6 is 0 Å². The minimum absolute atomic E-state index is 0.0914. The van der Waals surface area contributed by atoms with E-state index in [0.29, 0.717) is 17.3 Å². The summed E-state index contributed by atoms with van der Waals surface area (Å²) in [5, 5.41) is 11.2. The molecule has 0 aliphatic rings. The van der Waals surface area contributed by atoms with Gasteiger partial charge in [-0.15, -0.1) is 0 Å². The normalized spacial score (nSPS) is 11.1. The SMILES string of the molecule is COc1cc(C=Nc2ccc3ccccc3c2)ccc1OCc1ccc(C(=O)O)o1. The number of carbonyl (C=O) groups is 1. The summed E-state index contributed by atoms with van der Waals surface area (Å²) in [6.45, 7) is 0.0914. The molecular formula is C24H19NO5.